The normalized spacial score (nSPS) is 25.3. The second-order valence-corrected chi connectivity index (χ2v) is 6.94. The topological polar surface area (TPSA) is 30.5 Å². The summed E-state index contributed by atoms with van der Waals surface area (Å²) in [7, 11) is 1.77. The molecule has 1 heterocycles. The maximum Gasteiger partial charge on any atom is 0.124 e. The minimum absolute atomic E-state index is 0.184. The van der Waals surface area contributed by atoms with Crippen LogP contribution in [0.3, 0.4) is 0 Å². The van der Waals surface area contributed by atoms with Crippen molar-refractivity contribution in [1.29, 1.82) is 0 Å². The minimum Gasteiger partial charge on any atom is -0.487 e. The SMILES string of the molecule is CCCNC1CC(C)(CC(C)(C)OC)Oc2ccccc21. The molecule has 3 nitrogen and oxygen atoms in total. The number of rotatable bonds is 6. The van der Waals surface area contributed by atoms with E-state index in [0.717, 1.165) is 31.6 Å². The van der Waals surface area contributed by atoms with Crippen LogP contribution in [0.4, 0.5) is 0 Å². The molecule has 0 saturated carbocycles. The first-order chi connectivity index (χ1) is 9.89. The molecule has 1 aliphatic rings. The van der Waals surface area contributed by atoms with Crippen molar-refractivity contribution in [3.8, 4) is 5.75 Å². The van der Waals surface area contributed by atoms with Gasteiger partial charge < -0.3 is 14.8 Å². The summed E-state index contributed by atoms with van der Waals surface area (Å²) < 4.78 is 12.0. The molecule has 0 bridgehead atoms. The zero-order valence-corrected chi connectivity index (χ0v) is 14.0. The van der Waals surface area contributed by atoms with Gasteiger partial charge in [0.25, 0.3) is 0 Å². The Hall–Kier alpha value is -1.06. The molecule has 21 heavy (non-hydrogen) atoms. The van der Waals surface area contributed by atoms with Crippen LogP contribution in [0, 0.1) is 0 Å². The van der Waals surface area contributed by atoms with Crippen LogP contribution in [0.2, 0.25) is 0 Å². The van der Waals surface area contributed by atoms with Crippen LogP contribution in [0.5, 0.6) is 5.75 Å². The summed E-state index contributed by atoms with van der Waals surface area (Å²) in [6, 6.07) is 8.73. The van der Waals surface area contributed by atoms with Gasteiger partial charge in [-0.15, -0.1) is 0 Å². The Balaban J connectivity index is 2.24. The highest BCUT2D eigenvalue weighted by Gasteiger charge is 2.41. The number of hydrogen-bond acceptors (Lipinski definition) is 3. The van der Waals surface area contributed by atoms with E-state index in [2.05, 4.69) is 51.2 Å². The van der Waals surface area contributed by atoms with Crippen molar-refractivity contribution in [1.82, 2.24) is 5.32 Å². The number of fused-ring (bicyclic) bond motifs is 1. The number of methoxy groups -OCH3 is 1. The summed E-state index contributed by atoms with van der Waals surface area (Å²) in [6.45, 7) is 9.67. The van der Waals surface area contributed by atoms with Crippen molar-refractivity contribution in [3.63, 3.8) is 0 Å². The summed E-state index contributed by atoms with van der Waals surface area (Å²) in [5.41, 5.74) is 0.883. The zero-order valence-electron chi connectivity index (χ0n) is 14.0. The van der Waals surface area contributed by atoms with Crippen LogP contribution in [0.25, 0.3) is 0 Å². The molecule has 1 N–H and O–H groups in total. The molecule has 0 saturated heterocycles. The maximum atomic E-state index is 6.35. The van der Waals surface area contributed by atoms with Crippen molar-refractivity contribution >= 4 is 0 Å². The molecule has 118 valence electrons. The van der Waals surface area contributed by atoms with Gasteiger partial charge in [-0.1, -0.05) is 25.1 Å². The van der Waals surface area contributed by atoms with E-state index >= 15 is 0 Å². The van der Waals surface area contributed by atoms with E-state index in [-0.39, 0.29) is 11.2 Å². The third kappa shape index (κ3) is 3.98. The van der Waals surface area contributed by atoms with Crippen molar-refractivity contribution in [2.75, 3.05) is 13.7 Å². The van der Waals surface area contributed by atoms with Gasteiger partial charge in [0.05, 0.1) is 5.60 Å². The lowest BCUT2D eigenvalue weighted by atomic mass is 9.81. The smallest absolute Gasteiger partial charge is 0.124 e. The molecule has 2 unspecified atom stereocenters. The van der Waals surface area contributed by atoms with E-state index < -0.39 is 0 Å². The van der Waals surface area contributed by atoms with Crippen molar-refractivity contribution in [3.05, 3.63) is 29.8 Å². The molecule has 2 rings (SSSR count). The summed E-state index contributed by atoms with van der Waals surface area (Å²) in [5.74, 6) is 1.01. The second-order valence-electron chi connectivity index (χ2n) is 6.94. The van der Waals surface area contributed by atoms with Crippen LogP contribution < -0.4 is 10.1 Å². The average Bonchev–Trinajstić information content (AvgIpc) is 2.43. The molecule has 3 heteroatoms. The number of nitrogens with one attached hydrogen (secondary N) is 1. The highest BCUT2D eigenvalue weighted by atomic mass is 16.5. The Morgan fingerprint density at radius 3 is 2.76 bits per heavy atom. The average molecular weight is 291 g/mol. The summed E-state index contributed by atoms with van der Waals surface area (Å²) in [6.07, 6.45) is 2.98. The van der Waals surface area contributed by atoms with Gasteiger partial charge in [-0.05, 0) is 39.8 Å². The molecule has 1 aliphatic heterocycles. The minimum atomic E-state index is -0.209. The lowest BCUT2D eigenvalue weighted by molar-refractivity contribution is -0.0597. The maximum absolute atomic E-state index is 6.35. The van der Waals surface area contributed by atoms with Crippen LogP contribution in [-0.4, -0.2) is 24.9 Å². The molecule has 0 aliphatic carbocycles. The molecule has 0 aromatic heterocycles. The van der Waals surface area contributed by atoms with Gasteiger partial charge in [-0.3, -0.25) is 0 Å². The molecule has 1 aromatic carbocycles. The zero-order chi connectivity index (χ0) is 15.5. The van der Waals surface area contributed by atoms with E-state index in [1.54, 1.807) is 7.11 Å². The van der Waals surface area contributed by atoms with E-state index in [4.69, 9.17) is 9.47 Å². The lowest BCUT2D eigenvalue weighted by Gasteiger charge is -2.43. The Bertz CT molecular complexity index is 472. The van der Waals surface area contributed by atoms with E-state index in [1.807, 2.05) is 6.07 Å². The second kappa shape index (κ2) is 6.37. The van der Waals surface area contributed by atoms with Crippen LogP contribution in [-0.2, 0) is 4.74 Å². The van der Waals surface area contributed by atoms with Crippen molar-refractivity contribution < 1.29 is 9.47 Å². The molecular weight excluding hydrogens is 262 g/mol. The fourth-order valence-corrected chi connectivity index (χ4v) is 3.29. The largest absolute Gasteiger partial charge is 0.487 e. The first-order valence-electron chi connectivity index (χ1n) is 7.95. The van der Waals surface area contributed by atoms with Gasteiger partial charge in [0, 0.05) is 31.6 Å². The highest BCUT2D eigenvalue weighted by molar-refractivity contribution is 5.38. The first-order valence-corrected chi connectivity index (χ1v) is 7.95. The Morgan fingerprint density at radius 1 is 1.38 bits per heavy atom. The van der Waals surface area contributed by atoms with Gasteiger partial charge in [0.15, 0.2) is 0 Å². The summed E-state index contributed by atoms with van der Waals surface area (Å²) >= 11 is 0. The van der Waals surface area contributed by atoms with Gasteiger partial charge in [-0.25, -0.2) is 0 Å². The van der Waals surface area contributed by atoms with Gasteiger partial charge in [0.2, 0.25) is 0 Å². The number of ether oxygens (including phenoxy) is 2. The van der Waals surface area contributed by atoms with Crippen LogP contribution in [0.1, 0.15) is 58.6 Å². The summed E-state index contributed by atoms with van der Waals surface area (Å²) in [5, 5.41) is 3.67. The van der Waals surface area contributed by atoms with Crippen LogP contribution in [0.15, 0.2) is 24.3 Å². The standard InChI is InChI=1S/C18H29NO2/c1-6-11-19-15-12-18(4,13-17(2,3)20-5)21-16-10-8-7-9-14(15)16/h7-10,15,19H,6,11-13H2,1-5H3. The Morgan fingerprint density at radius 2 is 2.10 bits per heavy atom. The molecule has 0 amide bonds. The predicted octanol–water partition coefficient (Wildman–Crippen LogP) is 4.08. The van der Waals surface area contributed by atoms with Gasteiger partial charge in [-0.2, -0.15) is 0 Å². The monoisotopic (exact) mass is 291 g/mol. The fraction of sp³-hybridized carbons (Fsp3) is 0.667. The highest BCUT2D eigenvalue weighted by Crippen LogP contribution is 2.43. The van der Waals surface area contributed by atoms with Crippen molar-refractivity contribution in [2.45, 2.75) is 64.2 Å². The Labute approximate surface area is 129 Å². The predicted molar refractivity (Wildman–Crippen MR) is 86.8 cm³/mol. The third-order valence-corrected chi connectivity index (χ3v) is 4.28. The summed E-state index contributed by atoms with van der Waals surface area (Å²) in [4.78, 5) is 0. The molecule has 0 spiro atoms. The fourth-order valence-electron chi connectivity index (χ4n) is 3.29. The molecule has 2 atom stereocenters. The number of hydrogen-bond donors (Lipinski definition) is 1. The third-order valence-electron chi connectivity index (χ3n) is 4.28. The van der Waals surface area contributed by atoms with E-state index in [0.29, 0.717) is 6.04 Å². The quantitative estimate of drug-likeness (QED) is 0.856. The van der Waals surface area contributed by atoms with Crippen LogP contribution >= 0.6 is 0 Å². The van der Waals surface area contributed by atoms with E-state index in [9.17, 15) is 0 Å². The molecular formula is C18H29NO2. The number of benzene rings is 1. The van der Waals surface area contributed by atoms with Crippen molar-refractivity contribution in [2.24, 2.45) is 0 Å². The van der Waals surface area contributed by atoms with Gasteiger partial charge >= 0.3 is 0 Å². The van der Waals surface area contributed by atoms with E-state index in [1.165, 1.54) is 5.56 Å². The number of para-hydroxylation sites is 1. The Kier molecular flexibility index (Phi) is 4.95. The molecule has 1 aromatic rings. The molecule has 0 radical (unpaired) electrons. The van der Waals surface area contributed by atoms with Gasteiger partial charge in [0.1, 0.15) is 11.4 Å². The molecule has 0 fully saturated rings. The lowest BCUT2D eigenvalue weighted by Crippen LogP contribution is -2.46. The first kappa shape index (κ1) is 16.3.